The minimum atomic E-state index is -0.818. The van der Waals surface area contributed by atoms with E-state index in [-0.39, 0.29) is 12.4 Å². The van der Waals surface area contributed by atoms with Gasteiger partial charge in [0, 0.05) is 13.0 Å². The second-order valence-corrected chi connectivity index (χ2v) is 2.43. The molecular formula is C6H14N4O2. The Morgan fingerprint density at radius 3 is 2.50 bits per heavy atom. The lowest BCUT2D eigenvalue weighted by Crippen LogP contribution is -2.42. The van der Waals surface area contributed by atoms with Crippen molar-refractivity contribution in [1.82, 2.24) is 5.01 Å². The van der Waals surface area contributed by atoms with E-state index in [0.717, 1.165) is 5.01 Å². The average molecular weight is 174 g/mol. The van der Waals surface area contributed by atoms with Gasteiger partial charge in [-0.3, -0.25) is 15.2 Å². The molecule has 0 aromatic carbocycles. The largest absolute Gasteiger partial charge is 0.481 e. The maximum Gasteiger partial charge on any atom is 0.303 e. The molecule has 0 saturated heterocycles. The summed E-state index contributed by atoms with van der Waals surface area (Å²) in [7, 11) is 0. The molecule has 6 N–H and O–H groups in total. The van der Waals surface area contributed by atoms with Crippen molar-refractivity contribution in [2.45, 2.75) is 19.3 Å². The summed E-state index contributed by atoms with van der Waals surface area (Å²) in [6.45, 7) is 0.419. The van der Waals surface area contributed by atoms with Gasteiger partial charge in [0.05, 0.1) is 0 Å². The summed E-state index contributed by atoms with van der Waals surface area (Å²) in [5, 5.41) is 16.2. The number of nitrogens with two attached hydrogens (primary N) is 2. The molecule has 0 fully saturated rings. The zero-order valence-electron chi connectivity index (χ0n) is 6.79. The fourth-order valence-electron chi connectivity index (χ4n) is 0.679. The first-order valence-electron chi connectivity index (χ1n) is 3.62. The molecule has 6 heteroatoms. The van der Waals surface area contributed by atoms with Crippen molar-refractivity contribution in [2.24, 2.45) is 11.6 Å². The maximum absolute atomic E-state index is 10.1. The molecule has 0 unspecified atom stereocenters. The second kappa shape index (κ2) is 5.36. The van der Waals surface area contributed by atoms with Crippen LogP contribution < -0.4 is 11.6 Å². The first-order valence-corrected chi connectivity index (χ1v) is 3.62. The third kappa shape index (κ3) is 5.48. The number of guanidine groups is 1. The molecule has 0 aromatic heterocycles. The van der Waals surface area contributed by atoms with E-state index in [2.05, 4.69) is 0 Å². The second-order valence-electron chi connectivity index (χ2n) is 2.43. The molecule has 0 rings (SSSR count). The van der Waals surface area contributed by atoms with E-state index >= 15 is 0 Å². The van der Waals surface area contributed by atoms with E-state index in [1.54, 1.807) is 0 Å². The predicted molar refractivity (Wildman–Crippen MR) is 44.3 cm³/mol. The molecule has 0 bridgehead atoms. The monoisotopic (exact) mass is 174 g/mol. The number of aliphatic carboxylic acids is 1. The molecule has 70 valence electrons. The summed E-state index contributed by atoms with van der Waals surface area (Å²) < 4.78 is 0. The van der Waals surface area contributed by atoms with Crippen LogP contribution in [0.3, 0.4) is 0 Å². The van der Waals surface area contributed by atoms with Crippen LogP contribution in [0.4, 0.5) is 0 Å². The number of unbranched alkanes of at least 4 members (excludes halogenated alkanes) is 1. The summed E-state index contributed by atoms with van der Waals surface area (Å²) >= 11 is 0. The predicted octanol–water partition coefficient (Wildman–Crippen LogP) is -0.690. The molecule has 0 saturated carbocycles. The van der Waals surface area contributed by atoms with E-state index in [4.69, 9.17) is 22.1 Å². The molecule has 0 radical (unpaired) electrons. The maximum atomic E-state index is 10.1. The van der Waals surface area contributed by atoms with E-state index in [0.29, 0.717) is 19.4 Å². The number of nitrogens with zero attached hydrogens (tertiary/aromatic N) is 1. The Morgan fingerprint density at radius 2 is 2.08 bits per heavy atom. The summed E-state index contributed by atoms with van der Waals surface area (Å²) in [6.07, 6.45) is 1.31. The number of rotatable bonds is 5. The summed E-state index contributed by atoms with van der Waals surface area (Å²) in [5.74, 6) is 4.25. The first kappa shape index (κ1) is 10.7. The van der Waals surface area contributed by atoms with Gasteiger partial charge in [0.25, 0.3) is 0 Å². The van der Waals surface area contributed by atoms with Crippen molar-refractivity contribution in [2.75, 3.05) is 6.54 Å². The topological polar surface area (TPSA) is 116 Å². The minimum absolute atomic E-state index is 0.131. The Kier molecular flexibility index (Phi) is 4.78. The summed E-state index contributed by atoms with van der Waals surface area (Å²) in [5.41, 5.74) is 5.05. The van der Waals surface area contributed by atoms with Crippen LogP contribution in [0.1, 0.15) is 19.3 Å². The highest BCUT2D eigenvalue weighted by molar-refractivity contribution is 5.73. The van der Waals surface area contributed by atoms with Gasteiger partial charge in [-0.05, 0) is 12.8 Å². The van der Waals surface area contributed by atoms with Crippen LogP contribution in [0.25, 0.3) is 0 Å². The SMILES string of the molecule is N=C(N)N(N)CCCCC(=O)O. The zero-order chi connectivity index (χ0) is 9.56. The molecule has 0 heterocycles. The van der Waals surface area contributed by atoms with Crippen molar-refractivity contribution < 1.29 is 9.90 Å². The number of nitrogens with one attached hydrogen (secondary N) is 1. The van der Waals surface area contributed by atoms with Crippen LogP contribution in [0, 0.1) is 5.41 Å². The summed E-state index contributed by atoms with van der Waals surface area (Å²) in [6, 6.07) is 0. The fourth-order valence-corrected chi connectivity index (χ4v) is 0.679. The van der Waals surface area contributed by atoms with Crippen LogP contribution in [0.15, 0.2) is 0 Å². The van der Waals surface area contributed by atoms with Gasteiger partial charge < -0.3 is 10.8 Å². The Bertz CT molecular complexity index is 171. The molecule has 0 amide bonds. The van der Waals surface area contributed by atoms with Crippen molar-refractivity contribution in [3.05, 3.63) is 0 Å². The molecule has 6 nitrogen and oxygen atoms in total. The molecule has 0 aliphatic heterocycles. The van der Waals surface area contributed by atoms with Gasteiger partial charge in [-0.25, -0.2) is 5.84 Å². The van der Waals surface area contributed by atoms with Crippen molar-refractivity contribution >= 4 is 11.9 Å². The van der Waals surface area contributed by atoms with Crippen LogP contribution >= 0.6 is 0 Å². The van der Waals surface area contributed by atoms with Gasteiger partial charge in [-0.2, -0.15) is 0 Å². The van der Waals surface area contributed by atoms with Crippen molar-refractivity contribution in [1.29, 1.82) is 5.41 Å². The van der Waals surface area contributed by atoms with Crippen LogP contribution in [-0.2, 0) is 4.79 Å². The highest BCUT2D eigenvalue weighted by atomic mass is 16.4. The number of carboxylic acid groups (broad SMARTS) is 1. The highest BCUT2D eigenvalue weighted by Crippen LogP contribution is 1.95. The third-order valence-corrected chi connectivity index (χ3v) is 1.35. The Hall–Kier alpha value is -1.30. The quantitative estimate of drug-likeness (QED) is 0.145. The van der Waals surface area contributed by atoms with Crippen molar-refractivity contribution in [3.63, 3.8) is 0 Å². The number of carbonyl (C=O) groups is 1. The lowest BCUT2D eigenvalue weighted by molar-refractivity contribution is -0.137. The zero-order valence-corrected chi connectivity index (χ0v) is 6.79. The van der Waals surface area contributed by atoms with E-state index < -0.39 is 5.97 Å². The smallest absolute Gasteiger partial charge is 0.303 e. The standard InChI is InChI=1S/C6H14N4O2/c7-6(8)10(9)4-2-1-3-5(11)12/h1-4,9H2,(H3,7,8)(H,11,12). The number of hydrogen-bond acceptors (Lipinski definition) is 3. The van der Waals surface area contributed by atoms with Gasteiger partial charge in [0.2, 0.25) is 5.96 Å². The number of carboxylic acids is 1. The number of hydrazine groups is 1. The van der Waals surface area contributed by atoms with Gasteiger partial charge in [0.1, 0.15) is 0 Å². The normalized spacial score (nSPS) is 9.42. The molecular weight excluding hydrogens is 160 g/mol. The first-order chi connectivity index (χ1) is 5.54. The fraction of sp³-hybridized carbons (Fsp3) is 0.667. The van der Waals surface area contributed by atoms with Crippen LogP contribution in [-0.4, -0.2) is 28.6 Å². The molecule has 0 spiro atoms. The number of hydrogen-bond donors (Lipinski definition) is 4. The Balaban J connectivity index is 3.31. The van der Waals surface area contributed by atoms with E-state index in [1.165, 1.54) is 0 Å². The molecule has 0 aliphatic rings. The van der Waals surface area contributed by atoms with Gasteiger partial charge in [-0.15, -0.1) is 0 Å². The lowest BCUT2D eigenvalue weighted by Gasteiger charge is -2.14. The van der Waals surface area contributed by atoms with Crippen LogP contribution in [0.2, 0.25) is 0 Å². The Morgan fingerprint density at radius 1 is 1.50 bits per heavy atom. The van der Waals surface area contributed by atoms with Crippen molar-refractivity contribution in [3.8, 4) is 0 Å². The molecule has 0 atom stereocenters. The highest BCUT2D eigenvalue weighted by Gasteiger charge is 2.00. The van der Waals surface area contributed by atoms with E-state index in [9.17, 15) is 4.79 Å². The van der Waals surface area contributed by atoms with Gasteiger partial charge in [-0.1, -0.05) is 0 Å². The lowest BCUT2D eigenvalue weighted by atomic mass is 10.2. The Labute approximate surface area is 70.6 Å². The summed E-state index contributed by atoms with van der Waals surface area (Å²) in [4.78, 5) is 10.1. The molecule has 0 aromatic rings. The third-order valence-electron chi connectivity index (χ3n) is 1.35. The minimum Gasteiger partial charge on any atom is -0.481 e. The van der Waals surface area contributed by atoms with E-state index in [1.807, 2.05) is 0 Å². The molecule has 0 aliphatic carbocycles. The van der Waals surface area contributed by atoms with Crippen LogP contribution in [0.5, 0.6) is 0 Å². The average Bonchev–Trinajstić information content (AvgIpc) is 1.97. The van der Waals surface area contributed by atoms with Gasteiger partial charge >= 0.3 is 5.97 Å². The van der Waals surface area contributed by atoms with Gasteiger partial charge in [0.15, 0.2) is 0 Å². The molecule has 12 heavy (non-hydrogen) atoms.